The standard InChI is InChI=1S/C26H35ClN6O.CH3F.CH2O/c1-18(2)16-32(23-21(27)15-29-22(14-28)30-23)31-24(34)20-10-8-19(9-11-20)17-33-25(3,4)12-7-13-26(33,5)6;2*1-2/h8-11,15,18H,7,12-13,16-17H2,1-6H3,(H,31,34);1H3;1H2. The van der Waals surface area contributed by atoms with Gasteiger partial charge in [-0.2, -0.15) is 10.2 Å². The van der Waals surface area contributed by atoms with Crippen molar-refractivity contribution < 1.29 is 14.0 Å². The highest BCUT2D eigenvalue weighted by atomic mass is 35.5. The van der Waals surface area contributed by atoms with Crippen LogP contribution in [0.2, 0.25) is 5.02 Å². The van der Waals surface area contributed by atoms with Crippen LogP contribution in [0.5, 0.6) is 0 Å². The van der Waals surface area contributed by atoms with E-state index in [4.69, 9.17) is 21.7 Å². The van der Waals surface area contributed by atoms with E-state index >= 15 is 0 Å². The van der Waals surface area contributed by atoms with Crippen molar-refractivity contribution in [2.45, 2.75) is 78.4 Å². The number of aromatic nitrogens is 2. The van der Waals surface area contributed by atoms with Crippen molar-refractivity contribution in [3.8, 4) is 6.07 Å². The molecule has 1 N–H and O–H groups in total. The van der Waals surface area contributed by atoms with Crippen LogP contribution in [0.15, 0.2) is 30.5 Å². The molecule has 0 atom stereocenters. The van der Waals surface area contributed by atoms with E-state index in [0.29, 0.717) is 25.1 Å². The van der Waals surface area contributed by atoms with Crippen molar-refractivity contribution in [1.82, 2.24) is 20.3 Å². The fourth-order valence-electron chi connectivity index (χ4n) is 4.75. The summed E-state index contributed by atoms with van der Waals surface area (Å²) < 4.78 is 9.50. The summed E-state index contributed by atoms with van der Waals surface area (Å²) >= 11 is 6.29. The molecule has 0 aliphatic carbocycles. The van der Waals surface area contributed by atoms with E-state index in [2.05, 4.69) is 48.0 Å². The summed E-state index contributed by atoms with van der Waals surface area (Å²) in [5.74, 6) is 0.256. The minimum absolute atomic E-state index is 0.00433. The largest absolute Gasteiger partial charge is 0.307 e. The van der Waals surface area contributed by atoms with Crippen molar-refractivity contribution >= 4 is 30.1 Å². The number of likely N-dealkylation sites (tertiary alicyclic amines) is 1. The number of piperidine rings is 1. The van der Waals surface area contributed by atoms with Gasteiger partial charge in [-0.3, -0.25) is 24.5 Å². The van der Waals surface area contributed by atoms with E-state index in [1.807, 2.05) is 51.0 Å². The molecule has 8 nitrogen and oxygen atoms in total. The molecule has 0 bridgehead atoms. The predicted octanol–water partition coefficient (Wildman–Crippen LogP) is 5.75. The maximum Gasteiger partial charge on any atom is 0.269 e. The Morgan fingerprint density at radius 1 is 1.18 bits per heavy atom. The lowest BCUT2D eigenvalue weighted by Gasteiger charge is -2.53. The molecule has 1 fully saturated rings. The molecule has 2 aromatic rings. The number of halogens is 2. The minimum atomic E-state index is -0.265. The van der Waals surface area contributed by atoms with Crippen LogP contribution >= 0.6 is 11.6 Å². The number of nitrogens with zero attached hydrogens (tertiary/aromatic N) is 5. The predicted molar refractivity (Wildman–Crippen MR) is 150 cm³/mol. The summed E-state index contributed by atoms with van der Waals surface area (Å²) in [5, 5.41) is 11.0. The lowest BCUT2D eigenvalue weighted by molar-refractivity contribution is -0.0980. The zero-order valence-electron chi connectivity index (χ0n) is 23.5. The Kier molecular flexibility index (Phi) is 12.8. The minimum Gasteiger partial charge on any atom is -0.307 e. The highest BCUT2D eigenvalue weighted by Crippen LogP contribution is 2.39. The second kappa shape index (κ2) is 14.7. The number of hydrogen-bond acceptors (Lipinski definition) is 7. The lowest BCUT2D eigenvalue weighted by Crippen LogP contribution is -2.57. The Morgan fingerprint density at radius 3 is 2.24 bits per heavy atom. The molecule has 1 amide bonds. The van der Waals surface area contributed by atoms with Gasteiger partial charge >= 0.3 is 0 Å². The maximum atomic E-state index is 13.1. The van der Waals surface area contributed by atoms with Crippen LogP contribution in [-0.4, -0.2) is 52.4 Å². The van der Waals surface area contributed by atoms with E-state index in [9.17, 15) is 9.18 Å². The molecule has 1 aromatic carbocycles. The number of carbonyl (C=O) groups is 2. The number of benzene rings is 1. The number of nitrogens with one attached hydrogen (secondary N) is 1. The molecular weight excluding hydrogens is 507 g/mol. The smallest absolute Gasteiger partial charge is 0.269 e. The van der Waals surface area contributed by atoms with Crippen molar-refractivity contribution in [1.29, 1.82) is 5.26 Å². The molecule has 3 rings (SSSR count). The first kappa shape index (κ1) is 32.9. The first-order valence-electron chi connectivity index (χ1n) is 12.5. The molecule has 10 heteroatoms. The number of hydrogen-bond donors (Lipinski definition) is 1. The van der Waals surface area contributed by atoms with Crippen LogP contribution in [0, 0.1) is 17.2 Å². The van der Waals surface area contributed by atoms with Gasteiger partial charge in [0, 0.05) is 29.7 Å². The summed E-state index contributed by atoms with van der Waals surface area (Å²) in [6.07, 6.45) is 4.98. The molecule has 1 aromatic heterocycles. The highest BCUT2D eigenvalue weighted by Gasteiger charge is 2.40. The number of anilines is 1. The van der Waals surface area contributed by atoms with Crippen molar-refractivity contribution in [3.05, 3.63) is 52.4 Å². The lowest BCUT2D eigenvalue weighted by atomic mass is 9.79. The van der Waals surface area contributed by atoms with Crippen LogP contribution in [0.3, 0.4) is 0 Å². The molecule has 0 spiro atoms. The molecular formula is C28H40ClFN6O2. The Hall–Kier alpha value is -3.09. The first-order chi connectivity index (χ1) is 17.9. The number of amides is 1. The van der Waals surface area contributed by atoms with E-state index in [0.717, 1.165) is 6.54 Å². The fourth-order valence-corrected chi connectivity index (χ4v) is 4.95. The van der Waals surface area contributed by atoms with Crippen LogP contribution in [0.1, 0.15) is 82.6 Å². The zero-order valence-corrected chi connectivity index (χ0v) is 24.3. The quantitative estimate of drug-likeness (QED) is 0.441. The van der Waals surface area contributed by atoms with Gasteiger partial charge in [-0.05, 0) is 70.6 Å². The summed E-state index contributed by atoms with van der Waals surface area (Å²) in [5.41, 5.74) is 4.89. The molecule has 0 saturated carbocycles. The van der Waals surface area contributed by atoms with E-state index in [1.165, 1.54) is 31.0 Å². The van der Waals surface area contributed by atoms with Crippen LogP contribution < -0.4 is 10.4 Å². The summed E-state index contributed by atoms with van der Waals surface area (Å²) in [7, 11) is 0.500. The van der Waals surface area contributed by atoms with Gasteiger partial charge in [0.15, 0.2) is 5.82 Å². The molecule has 2 heterocycles. The number of rotatable bonds is 7. The average molecular weight is 547 g/mol. The van der Waals surface area contributed by atoms with Crippen molar-refractivity contribution in [2.24, 2.45) is 5.92 Å². The Labute approximate surface area is 231 Å². The Balaban J connectivity index is 0.00000172. The topological polar surface area (TPSA) is 102 Å². The molecule has 1 saturated heterocycles. The average Bonchev–Trinajstić information content (AvgIpc) is 2.88. The van der Waals surface area contributed by atoms with Gasteiger partial charge < -0.3 is 4.79 Å². The maximum absolute atomic E-state index is 13.1. The zero-order chi connectivity index (χ0) is 29.1. The summed E-state index contributed by atoms with van der Waals surface area (Å²) in [4.78, 5) is 31.7. The van der Waals surface area contributed by atoms with Crippen molar-refractivity contribution in [2.75, 3.05) is 18.7 Å². The van der Waals surface area contributed by atoms with Gasteiger partial charge in [0.2, 0.25) is 5.82 Å². The Bertz CT molecular complexity index is 1070. The van der Waals surface area contributed by atoms with E-state index in [1.54, 1.807) is 5.01 Å². The number of hydrazine groups is 1. The van der Waals surface area contributed by atoms with Gasteiger partial charge in [0.05, 0.1) is 13.4 Å². The van der Waals surface area contributed by atoms with E-state index in [-0.39, 0.29) is 33.7 Å². The molecule has 38 heavy (non-hydrogen) atoms. The SMILES string of the molecule is C=O.CC(C)CN(NC(=O)c1ccc(CN2C(C)(C)CCCC2(C)C)cc1)c1nc(C#N)ncc1Cl.CF. The van der Waals surface area contributed by atoms with Gasteiger partial charge in [-0.1, -0.05) is 37.6 Å². The Morgan fingerprint density at radius 2 is 1.74 bits per heavy atom. The monoisotopic (exact) mass is 546 g/mol. The third-order valence-corrected chi connectivity index (χ3v) is 6.73. The van der Waals surface area contributed by atoms with E-state index < -0.39 is 0 Å². The molecule has 1 aliphatic heterocycles. The summed E-state index contributed by atoms with van der Waals surface area (Å²) in [6.45, 7) is 16.6. The van der Waals surface area contributed by atoms with Crippen LogP contribution in [0.25, 0.3) is 0 Å². The summed E-state index contributed by atoms with van der Waals surface area (Å²) in [6, 6.07) is 9.66. The molecule has 208 valence electrons. The second-order valence-corrected chi connectivity index (χ2v) is 11.1. The molecule has 0 radical (unpaired) electrons. The van der Waals surface area contributed by atoms with Crippen LogP contribution in [0.4, 0.5) is 10.2 Å². The normalized spacial score (nSPS) is 15.7. The van der Waals surface area contributed by atoms with Gasteiger partial charge in [0.25, 0.3) is 5.91 Å². The number of carbonyl (C=O) groups excluding carboxylic acids is 2. The highest BCUT2D eigenvalue weighted by molar-refractivity contribution is 6.32. The van der Waals surface area contributed by atoms with Crippen LogP contribution in [-0.2, 0) is 11.3 Å². The third-order valence-electron chi connectivity index (χ3n) is 6.46. The van der Waals surface area contributed by atoms with Gasteiger partial charge in [-0.15, -0.1) is 0 Å². The molecule has 1 aliphatic rings. The van der Waals surface area contributed by atoms with Crippen molar-refractivity contribution in [3.63, 3.8) is 0 Å². The fraction of sp³-hybridized carbons (Fsp3) is 0.536. The second-order valence-electron chi connectivity index (χ2n) is 10.7. The molecule has 0 unspecified atom stereocenters. The number of nitriles is 1. The first-order valence-corrected chi connectivity index (χ1v) is 12.9. The third kappa shape index (κ3) is 8.74. The van der Waals surface area contributed by atoms with Gasteiger partial charge in [0.1, 0.15) is 17.9 Å². The van der Waals surface area contributed by atoms with Gasteiger partial charge in [-0.25, -0.2) is 4.98 Å². The number of alkyl halides is 1.